The van der Waals surface area contributed by atoms with Gasteiger partial charge in [-0.05, 0) is 25.1 Å². The summed E-state index contributed by atoms with van der Waals surface area (Å²) < 4.78 is 12.0. The Morgan fingerprint density at radius 3 is 2.79 bits per heavy atom. The molecule has 0 radical (unpaired) electrons. The van der Waals surface area contributed by atoms with Gasteiger partial charge in [-0.3, -0.25) is 4.68 Å². The van der Waals surface area contributed by atoms with Crippen LogP contribution in [0, 0.1) is 0 Å². The molecule has 0 saturated heterocycles. The van der Waals surface area contributed by atoms with Crippen molar-refractivity contribution in [3.8, 4) is 16.9 Å². The van der Waals surface area contributed by atoms with Gasteiger partial charge in [0.1, 0.15) is 5.75 Å². The molecule has 0 amide bonds. The summed E-state index contributed by atoms with van der Waals surface area (Å²) in [5, 5.41) is 4.12. The number of ether oxygens (including phenoxy) is 2. The van der Waals surface area contributed by atoms with Gasteiger partial charge in [-0.15, -0.1) is 0 Å². The van der Waals surface area contributed by atoms with E-state index in [2.05, 4.69) is 5.10 Å². The van der Waals surface area contributed by atoms with E-state index in [9.17, 15) is 4.79 Å². The minimum atomic E-state index is -0.349. The first-order valence-corrected chi connectivity index (χ1v) is 6.00. The fraction of sp³-hybridized carbons (Fsp3) is 0.286. The SMILES string of the molecule is CCOC(=O)c1ccc(-c2cnn(C)c2)c(OC)c1. The van der Waals surface area contributed by atoms with E-state index in [-0.39, 0.29) is 5.97 Å². The van der Waals surface area contributed by atoms with Crippen LogP contribution >= 0.6 is 0 Å². The van der Waals surface area contributed by atoms with Crippen LogP contribution in [0.25, 0.3) is 11.1 Å². The molecule has 0 aliphatic heterocycles. The first kappa shape index (κ1) is 13.1. The normalized spacial score (nSPS) is 10.3. The van der Waals surface area contributed by atoms with Gasteiger partial charge in [0.05, 0.1) is 25.5 Å². The van der Waals surface area contributed by atoms with E-state index in [1.54, 1.807) is 37.0 Å². The summed E-state index contributed by atoms with van der Waals surface area (Å²) in [6, 6.07) is 5.24. The van der Waals surface area contributed by atoms with Gasteiger partial charge < -0.3 is 9.47 Å². The monoisotopic (exact) mass is 260 g/mol. The number of esters is 1. The van der Waals surface area contributed by atoms with Crippen molar-refractivity contribution in [2.45, 2.75) is 6.92 Å². The molecule has 5 nitrogen and oxygen atoms in total. The number of hydrogen-bond acceptors (Lipinski definition) is 4. The molecular weight excluding hydrogens is 244 g/mol. The summed E-state index contributed by atoms with van der Waals surface area (Å²) in [6.07, 6.45) is 3.64. The number of carbonyl (C=O) groups is 1. The highest BCUT2D eigenvalue weighted by Crippen LogP contribution is 2.30. The second-order valence-corrected chi connectivity index (χ2v) is 4.04. The van der Waals surface area contributed by atoms with Crippen LogP contribution in [0.5, 0.6) is 5.75 Å². The lowest BCUT2D eigenvalue weighted by Gasteiger charge is -2.09. The first-order chi connectivity index (χ1) is 9.15. The van der Waals surface area contributed by atoms with E-state index >= 15 is 0 Å². The lowest BCUT2D eigenvalue weighted by Crippen LogP contribution is -2.05. The summed E-state index contributed by atoms with van der Waals surface area (Å²) in [5.41, 5.74) is 2.31. The molecule has 0 unspecified atom stereocenters. The smallest absolute Gasteiger partial charge is 0.338 e. The van der Waals surface area contributed by atoms with Crippen LogP contribution in [0.4, 0.5) is 0 Å². The standard InChI is InChI=1S/C14H16N2O3/c1-4-19-14(17)10-5-6-12(13(7-10)18-3)11-8-15-16(2)9-11/h5-9H,4H2,1-3H3. The van der Waals surface area contributed by atoms with Crippen molar-refractivity contribution in [2.24, 2.45) is 7.05 Å². The molecule has 100 valence electrons. The largest absolute Gasteiger partial charge is 0.496 e. The third kappa shape index (κ3) is 2.76. The molecule has 0 N–H and O–H groups in total. The molecule has 2 rings (SSSR count). The summed E-state index contributed by atoms with van der Waals surface area (Å²) in [6.45, 7) is 2.13. The van der Waals surface area contributed by atoms with Crippen LogP contribution < -0.4 is 4.74 Å². The Labute approximate surface area is 111 Å². The molecule has 1 aromatic carbocycles. The van der Waals surface area contributed by atoms with Crippen LogP contribution in [-0.4, -0.2) is 29.5 Å². The van der Waals surface area contributed by atoms with E-state index in [4.69, 9.17) is 9.47 Å². The van der Waals surface area contributed by atoms with Crippen molar-refractivity contribution in [1.82, 2.24) is 9.78 Å². The second-order valence-electron chi connectivity index (χ2n) is 4.04. The highest BCUT2D eigenvalue weighted by Gasteiger charge is 2.13. The summed E-state index contributed by atoms with van der Waals surface area (Å²) in [4.78, 5) is 11.7. The van der Waals surface area contributed by atoms with Crippen molar-refractivity contribution in [3.05, 3.63) is 36.2 Å². The number of methoxy groups -OCH3 is 1. The number of benzene rings is 1. The van der Waals surface area contributed by atoms with E-state index in [1.807, 2.05) is 19.3 Å². The lowest BCUT2D eigenvalue weighted by atomic mass is 10.1. The van der Waals surface area contributed by atoms with Gasteiger partial charge in [0.25, 0.3) is 0 Å². The van der Waals surface area contributed by atoms with E-state index in [0.29, 0.717) is 17.9 Å². The van der Waals surface area contributed by atoms with Gasteiger partial charge in [0.15, 0.2) is 0 Å². The van der Waals surface area contributed by atoms with Gasteiger partial charge in [-0.1, -0.05) is 0 Å². The van der Waals surface area contributed by atoms with Crippen LogP contribution in [0.1, 0.15) is 17.3 Å². The van der Waals surface area contributed by atoms with Gasteiger partial charge in [-0.25, -0.2) is 4.79 Å². The lowest BCUT2D eigenvalue weighted by molar-refractivity contribution is 0.0526. The molecule has 0 fully saturated rings. The summed E-state index contributed by atoms with van der Waals surface area (Å²) in [5.74, 6) is 0.275. The van der Waals surface area contributed by atoms with E-state index < -0.39 is 0 Å². The zero-order valence-electron chi connectivity index (χ0n) is 11.2. The molecule has 0 saturated carbocycles. The predicted octanol–water partition coefficient (Wildman–Crippen LogP) is 2.27. The van der Waals surface area contributed by atoms with Crippen molar-refractivity contribution in [2.75, 3.05) is 13.7 Å². The molecule has 1 heterocycles. The Kier molecular flexibility index (Phi) is 3.85. The molecule has 0 bridgehead atoms. The van der Waals surface area contributed by atoms with Crippen molar-refractivity contribution in [1.29, 1.82) is 0 Å². The molecule has 0 spiro atoms. The van der Waals surface area contributed by atoms with E-state index in [1.165, 1.54) is 0 Å². The number of rotatable bonds is 4. The Balaban J connectivity index is 2.39. The molecule has 19 heavy (non-hydrogen) atoms. The first-order valence-electron chi connectivity index (χ1n) is 6.00. The van der Waals surface area contributed by atoms with E-state index in [0.717, 1.165) is 11.1 Å². The minimum Gasteiger partial charge on any atom is -0.496 e. The minimum absolute atomic E-state index is 0.349. The van der Waals surface area contributed by atoms with Crippen LogP contribution in [-0.2, 0) is 11.8 Å². The number of aryl methyl sites for hydroxylation is 1. The zero-order valence-corrected chi connectivity index (χ0v) is 11.2. The number of nitrogens with zero attached hydrogens (tertiary/aromatic N) is 2. The second kappa shape index (κ2) is 5.56. The number of carbonyl (C=O) groups excluding carboxylic acids is 1. The topological polar surface area (TPSA) is 53.3 Å². The Bertz CT molecular complexity index is 590. The van der Waals surface area contributed by atoms with Gasteiger partial charge in [0.2, 0.25) is 0 Å². The molecule has 1 aromatic heterocycles. The van der Waals surface area contributed by atoms with Crippen molar-refractivity contribution < 1.29 is 14.3 Å². The van der Waals surface area contributed by atoms with Gasteiger partial charge >= 0.3 is 5.97 Å². The molecule has 2 aromatic rings. The van der Waals surface area contributed by atoms with Gasteiger partial charge in [0, 0.05) is 24.4 Å². The Morgan fingerprint density at radius 1 is 1.42 bits per heavy atom. The molecular formula is C14H16N2O3. The number of hydrogen-bond donors (Lipinski definition) is 0. The third-order valence-electron chi connectivity index (χ3n) is 2.73. The third-order valence-corrected chi connectivity index (χ3v) is 2.73. The summed E-state index contributed by atoms with van der Waals surface area (Å²) in [7, 11) is 3.42. The quantitative estimate of drug-likeness (QED) is 0.791. The molecule has 0 atom stereocenters. The maximum Gasteiger partial charge on any atom is 0.338 e. The molecule has 0 aliphatic carbocycles. The average molecular weight is 260 g/mol. The predicted molar refractivity (Wildman–Crippen MR) is 71.2 cm³/mol. The fourth-order valence-electron chi connectivity index (χ4n) is 1.83. The highest BCUT2D eigenvalue weighted by atomic mass is 16.5. The Hall–Kier alpha value is -2.30. The highest BCUT2D eigenvalue weighted by molar-refractivity contribution is 5.91. The fourth-order valence-corrected chi connectivity index (χ4v) is 1.83. The molecule has 5 heteroatoms. The average Bonchev–Trinajstić information content (AvgIpc) is 2.84. The maximum absolute atomic E-state index is 11.7. The Morgan fingerprint density at radius 2 is 2.21 bits per heavy atom. The maximum atomic E-state index is 11.7. The number of aromatic nitrogens is 2. The molecule has 0 aliphatic rings. The van der Waals surface area contributed by atoms with Crippen LogP contribution in [0.15, 0.2) is 30.6 Å². The summed E-state index contributed by atoms with van der Waals surface area (Å²) >= 11 is 0. The van der Waals surface area contributed by atoms with Crippen molar-refractivity contribution in [3.63, 3.8) is 0 Å². The van der Waals surface area contributed by atoms with Crippen LogP contribution in [0.2, 0.25) is 0 Å². The van der Waals surface area contributed by atoms with Gasteiger partial charge in [-0.2, -0.15) is 5.10 Å². The van der Waals surface area contributed by atoms with Crippen LogP contribution in [0.3, 0.4) is 0 Å². The zero-order chi connectivity index (χ0) is 13.8. The van der Waals surface area contributed by atoms with Crippen molar-refractivity contribution >= 4 is 5.97 Å².